The smallest absolute Gasteiger partial charge is 0.0911 e. The zero-order valence-corrected chi connectivity index (χ0v) is 8.70. The predicted octanol–water partition coefficient (Wildman–Crippen LogP) is 2.79. The summed E-state index contributed by atoms with van der Waals surface area (Å²) in [4.78, 5) is 2.11. The minimum Gasteiger partial charge on any atom is -0.362 e. The molecule has 1 heterocycles. The topological polar surface area (TPSA) is 3.24 Å². The highest BCUT2D eigenvalue weighted by Gasteiger charge is 2.07. The molecule has 0 radical (unpaired) electrons. The second-order valence-electron chi connectivity index (χ2n) is 1.77. The molecule has 1 aliphatic rings. The highest BCUT2D eigenvalue weighted by molar-refractivity contribution is 8.93. The second kappa shape index (κ2) is 5.10. The minimum atomic E-state index is 0. The van der Waals surface area contributed by atoms with E-state index in [-0.39, 0.29) is 17.0 Å². The summed E-state index contributed by atoms with van der Waals surface area (Å²) in [6.07, 6.45) is 3.81. The molecule has 1 aliphatic heterocycles. The molecular formula is C6H9BrClNS. The fourth-order valence-corrected chi connectivity index (χ4v) is 1.61. The van der Waals surface area contributed by atoms with Crippen LogP contribution in [0.15, 0.2) is 23.2 Å². The van der Waals surface area contributed by atoms with Gasteiger partial charge >= 0.3 is 0 Å². The van der Waals surface area contributed by atoms with Gasteiger partial charge in [-0.25, -0.2) is 0 Å². The minimum absolute atomic E-state index is 0. The first-order valence-electron chi connectivity index (χ1n) is 2.68. The third kappa shape index (κ3) is 2.99. The van der Waals surface area contributed by atoms with E-state index >= 15 is 0 Å². The first-order chi connectivity index (χ1) is 4.33. The number of hydrogen-bond donors (Lipinski definition) is 0. The van der Waals surface area contributed by atoms with Crippen LogP contribution in [0.25, 0.3) is 0 Å². The fraction of sp³-hybridized carbons (Fsp3) is 0.333. The van der Waals surface area contributed by atoms with Gasteiger partial charge in [-0.3, -0.25) is 0 Å². The monoisotopic (exact) mass is 241 g/mol. The molecule has 0 aromatic heterocycles. The van der Waals surface area contributed by atoms with Crippen molar-refractivity contribution in [3.05, 3.63) is 23.2 Å². The summed E-state index contributed by atoms with van der Waals surface area (Å²) in [7, 11) is 0. The zero-order chi connectivity index (χ0) is 6.69. The first kappa shape index (κ1) is 10.4. The van der Waals surface area contributed by atoms with Crippen LogP contribution in [-0.2, 0) is 0 Å². The molecule has 4 heteroatoms. The standard InChI is InChI=1S/C6H8ClNS.BrH/c1-2-3-8-4-6(7)9-5-8;/h2,4H,1,3,5H2;1H. The lowest BCUT2D eigenvalue weighted by Crippen LogP contribution is -2.11. The van der Waals surface area contributed by atoms with E-state index in [9.17, 15) is 0 Å². The molecule has 0 unspecified atom stereocenters. The van der Waals surface area contributed by atoms with Crippen LogP contribution >= 0.6 is 40.3 Å². The molecule has 0 aliphatic carbocycles. The Hall–Kier alpha value is 0.400. The third-order valence-corrected chi connectivity index (χ3v) is 2.28. The Morgan fingerprint density at radius 2 is 2.60 bits per heavy atom. The second-order valence-corrected chi connectivity index (χ2v) is 3.38. The molecular weight excluding hydrogens is 233 g/mol. The highest BCUT2D eigenvalue weighted by Crippen LogP contribution is 2.27. The maximum Gasteiger partial charge on any atom is 0.0911 e. The molecule has 0 aromatic carbocycles. The van der Waals surface area contributed by atoms with Crippen LogP contribution in [-0.4, -0.2) is 17.3 Å². The first-order valence-corrected chi connectivity index (χ1v) is 4.04. The van der Waals surface area contributed by atoms with E-state index in [4.69, 9.17) is 11.6 Å². The lowest BCUT2D eigenvalue weighted by molar-refractivity contribution is 0.499. The normalized spacial score (nSPS) is 16.1. The Bertz CT molecular complexity index is 149. The Morgan fingerprint density at radius 1 is 1.90 bits per heavy atom. The predicted molar refractivity (Wildman–Crippen MR) is 53.6 cm³/mol. The summed E-state index contributed by atoms with van der Waals surface area (Å²) in [6.45, 7) is 4.52. The summed E-state index contributed by atoms with van der Waals surface area (Å²) in [5.74, 6) is 0.963. The lowest BCUT2D eigenvalue weighted by atomic mass is 10.6. The summed E-state index contributed by atoms with van der Waals surface area (Å²) in [5.41, 5.74) is 0. The Balaban J connectivity index is 0.000000810. The molecule has 0 spiro atoms. The molecule has 1 rings (SSSR count). The molecule has 0 bridgehead atoms. The van der Waals surface area contributed by atoms with Gasteiger partial charge in [0.25, 0.3) is 0 Å². The van der Waals surface area contributed by atoms with Crippen molar-refractivity contribution in [2.45, 2.75) is 0 Å². The van der Waals surface area contributed by atoms with Gasteiger partial charge in [-0.05, 0) is 0 Å². The van der Waals surface area contributed by atoms with Crippen molar-refractivity contribution in [1.82, 2.24) is 4.90 Å². The van der Waals surface area contributed by atoms with E-state index in [1.54, 1.807) is 11.8 Å². The molecule has 0 N–H and O–H groups in total. The molecule has 0 amide bonds. The van der Waals surface area contributed by atoms with E-state index in [1.165, 1.54) is 0 Å². The van der Waals surface area contributed by atoms with Crippen molar-refractivity contribution in [3.63, 3.8) is 0 Å². The van der Waals surface area contributed by atoms with Gasteiger partial charge in [-0.15, -0.1) is 23.6 Å². The van der Waals surface area contributed by atoms with Crippen molar-refractivity contribution in [1.29, 1.82) is 0 Å². The van der Waals surface area contributed by atoms with E-state index in [0.29, 0.717) is 0 Å². The Labute approximate surface area is 80.9 Å². The van der Waals surface area contributed by atoms with Crippen LogP contribution in [0.5, 0.6) is 0 Å². The van der Waals surface area contributed by atoms with Gasteiger partial charge in [0.15, 0.2) is 0 Å². The van der Waals surface area contributed by atoms with Gasteiger partial charge in [-0.1, -0.05) is 29.4 Å². The maximum atomic E-state index is 5.69. The highest BCUT2D eigenvalue weighted by atomic mass is 79.9. The molecule has 0 saturated heterocycles. The molecule has 58 valence electrons. The molecule has 1 nitrogen and oxygen atoms in total. The molecule has 0 fully saturated rings. The van der Waals surface area contributed by atoms with Gasteiger partial charge < -0.3 is 4.90 Å². The van der Waals surface area contributed by atoms with Crippen LogP contribution in [0.2, 0.25) is 0 Å². The summed E-state index contributed by atoms with van der Waals surface area (Å²) < 4.78 is 0.872. The number of nitrogens with zero attached hydrogens (tertiary/aromatic N) is 1. The average molecular weight is 243 g/mol. The van der Waals surface area contributed by atoms with E-state index in [1.807, 2.05) is 12.3 Å². The van der Waals surface area contributed by atoms with Gasteiger partial charge in [-0.2, -0.15) is 0 Å². The van der Waals surface area contributed by atoms with Crippen LogP contribution in [0, 0.1) is 0 Å². The van der Waals surface area contributed by atoms with Crippen LogP contribution in [0.4, 0.5) is 0 Å². The van der Waals surface area contributed by atoms with Gasteiger partial charge in [0.05, 0.1) is 10.2 Å². The molecule has 0 atom stereocenters. The third-order valence-electron chi connectivity index (χ3n) is 1.02. The summed E-state index contributed by atoms with van der Waals surface area (Å²) >= 11 is 7.34. The largest absolute Gasteiger partial charge is 0.362 e. The molecule has 0 aromatic rings. The van der Waals surface area contributed by atoms with Gasteiger partial charge in [0, 0.05) is 12.7 Å². The van der Waals surface area contributed by atoms with Crippen LogP contribution < -0.4 is 0 Å². The Morgan fingerprint density at radius 3 is 3.00 bits per heavy atom. The van der Waals surface area contributed by atoms with Crippen molar-refractivity contribution in [3.8, 4) is 0 Å². The maximum absolute atomic E-state index is 5.69. The quantitative estimate of drug-likeness (QED) is 0.685. The van der Waals surface area contributed by atoms with Crippen molar-refractivity contribution in [2.75, 3.05) is 12.4 Å². The molecule has 0 saturated carbocycles. The van der Waals surface area contributed by atoms with Gasteiger partial charge in [0.2, 0.25) is 0 Å². The summed E-state index contributed by atoms with van der Waals surface area (Å²) in [6, 6.07) is 0. The van der Waals surface area contributed by atoms with Gasteiger partial charge in [0.1, 0.15) is 0 Å². The number of halogens is 2. The van der Waals surface area contributed by atoms with Crippen LogP contribution in [0.1, 0.15) is 0 Å². The van der Waals surface area contributed by atoms with Crippen molar-refractivity contribution >= 4 is 40.3 Å². The summed E-state index contributed by atoms with van der Waals surface area (Å²) in [5, 5.41) is 0. The number of hydrogen-bond acceptors (Lipinski definition) is 2. The van der Waals surface area contributed by atoms with E-state index in [0.717, 1.165) is 16.8 Å². The van der Waals surface area contributed by atoms with Crippen molar-refractivity contribution in [2.24, 2.45) is 0 Å². The van der Waals surface area contributed by atoms with E-state index in [2.05, 4.69) is 11.5 Å². The SMILES string of the molecule is Br.C=CCN1C=C(Cl)SC1. The molecule has 10 heavy (non-hydrogen) atoms. The number of thioether (sulfide) groups is 1. The lowest BCUT2D eigenvalue weighted by Gasteiger charge is -2.08. The number of rotatable bonds is 2. The van der Waals surface area contributed by atoms with E-state index < -0.39 is 0 Å². The fourth-order valence-electron chi connectivity index (χ4n) is 0.634. The average Bonchev–Trinajstić information content (AvgIpc) is 2.17. The zero-order valence-electron chi connectivity index (χ0n) is 5.42. The Kier molecular flexibility index (Phi) is 5.31. The van der Waals surface area contributed by atoms with Crippen LogP contribution in [0.3, 0.4) is 0 Å². The van der Waals surface area contributed by atoms with Crippen molar-refractivity contribution < 1.29 is 0 Å².